The molecule has 0 saturated heterocycles. The second-order valence-corrected chi connectivity index (χ2v) is 10.9. The van der Waals surface area contributed by atoms with Crippen LogP contribution in [0.4, 0.5) is 0 Å². The first kappa shape index (κ1) is 44.6. The third-order valence-electron chi connectivity index (χ3n) is 6.82. The van der Waals surface area contributed by atoms with Gasteiger partial charge in [-0.05, 0) is 30.5 Å². The van der Waals surface area contributed by atoms with Gasteiger partial charge in [-0.2, -0.15) is 0 Å². The average Bonchev–Trinajstić information content (AvgIpc) is 3.11. The Labute approximate surface area is 289 Å². The molecular formula is C36H66O12. The topological polar surface area (TPSA) is 122 Å². The quantitative estimate of drug-likeness (QED) is 0.0998. The summed E-state index contributed by atoms with van der Waals surface area (Å²) in [5.74, 6) is 0.884. The van der Waals surface area contributed by atoms with Crippen molar-refractivity contribution < 1.29 is 57.2 Å². The fraction of sp³-hybridized carbons (Fsp3) is 0.833. The lowest BCUT2D eigenvalue weighted by Gasteiger charge is -2.09. The van der Waals surface area contributed by atoms with E-state index in [0.717, 1.165) is 12.2 Å². The highest BCUT2D eigenvalue weighted by Gasteiger charge is 1.99. The first-order valence-electron chi connectivity index (χ1n) is 18.0. The molecule has 0 fully saturated rings. The molecule has 1 aromatic rings. The fourth-order valence-electron chi connectivity index (χ4n) is 4.23. The summed E-state index contributed by atoms with van der Waals surface area (Å²) < 4.78 is 60.1. The molecule has 1 aromatic carbocycles. The lowest BCUT2D eigenvalue weighted by atomic mass is 10.0. The molecule has 1 N–H and O–H groups in total. The normalized spacial score (nSPS) is 11.5. The van der Waals surface area contributed by atoms with E-state index in [2.05, 4.69) is 19.1 Å². The summed E-state index contributed by atoms with van der Waals surface area (Å²) in [4.78, 5) is 0. The molecule has 0 aliphatic heterocycles. The smallest absolute Gasteiger partial charge is 0.119 e. The van der Waals surface area contributed by atoms with E-state index >= 15 is 0 Å². The maximum absolute atomic E-state index is 8.59. The Kier molecular flexibility index (Phi) is 35.7. The number of aliphatic hydroxyl groups is 1. The van der Waals surface area contributed by atoms with Crippen molar-refractivity contribution in [3.63, 3.8) is 0 Å². The predicted molar refractivity (Wildman–Crippen MR) is 184 cm³/mol. The molecule has 0 amide bonds. The number of hydrogen-bond acceptors (Lipinski definition) is 12. The number of aliphatic hydroxyl groups excluding tert-OH is 1. The van der Waals surface area contributed by atoms with Crippen molar-refractivity contribution in [3.8, 4) is 5.75 Å². The van der Waals surface area contributed by atoms with Gasteiger partial charge in [0.05, 0.1) is 139 Å². The molecule has 0 aromatic heterocycles. The van der Waals surface area contributed by atoms with Crippen molar-refractivity contribution in [2.24, 2.45) is 0 Å². The van der Waals surface area contributed by atoms with Gasteiger partial charge in [-0.1, -0.05) is 51.2 Å². The summed E-state index contributed by atoms with van der Waals surface area (Å²) in [6.45, 7) is 12.8. The van der Waals surface area contributed by atoms with Gasteiger partial charge in [0.2, 0.25) is 0 Å². The summed E-state index contributed by atoms with van der Waals surface area (Å²) in [6, 6.07) is 8.43. The number of hydrogen-bond donors (Lipinski definition) is 1. The Bertz CT molecular complexity index is 740. The van der Waals surface area contributed by atoms with Gasteiger partial charge in [-0.25, -0.2) is 0 Å². The maximum atomic E-state index is 8.59. The molecule has 0 bridgehead atoms. The van der Waals surface area contributed by atoms with Crippen molar-refractivity contribution >= 4 is 0 Å². The molecule has 0 unspecified atom stereocenters. The van der Waals surface area contributed by atoms with Crippen molar-refractivity contribution in [2.45, 2.75) is 51.9 Å². The number of benzene rings is 1. The summed E-state index contributed by atoms with van der Waals surface area (Å²) >= 11 is 0. The predicted octanol–water partition coefficient (Wildman–Crippen LogP) is 4.13. The Morgan fingerprint density at radius 1 is 0.375 bits per heavy atom. The average molecular weight is 691 g/mol. The van der Waals surface area contributed by atoms with E-state index in [1.807, 2.05) is 12.1 Å². The monoisotopic (exact) mass is 690 g/mol. The lowest BCUT2D eigenvalue weighted by Crippen LogP contribution is -2.15. The second-order valence-electron chi connectivity index (χ2n) is 10.9. The van der Waals surface area contributed by atoms with Gasteiger partial charge in [0.15, 0.2) is 0 Å². The molecule has 1 rings (SSSR count). The maximum Gasteiger partial charge on any atom is 0.119 e. The zero-order valence-electron chi connectivity index (χ0n) is 29.8. The summed E-state index contributed by atoms with van der Waals surface area (Å²) in [6.07, 6.45) is 9.08. The van der Waals surface area contributed by atoms with Crippen molar-refractivity contribution in [1.29, 1.82) is 0 Å². The summed E-state index contributed by atoms with van der Waals surface area (Å²) in [5.41, 5.74) is 1.38. The first-order valence-corrected chi connectivity index (χ1v) is 18.0. The number of aryl methyl sites for hydroxylation is 1. The Balaban J connectivity index is 1.69. The van der Waals surface area contributed by atoms with Crippen LogP contribution < -0.4 is 4.74 Å². The minimum atomic E-state index is 0.0267. The Morgan fingerprint density at radius 3 is 1.04 bits per heavy atom. The highest BCUT2D eigenvalue weighted by atomic mass is 16.6. The van der Waals surface area contributed by atoms with E-state index in [4.69, 9.17) is 57.2 Å². The van der Waals surface area contributed by atoms with Gasteiger partial charge < -0.3 is 57.2 Å². The molecule has 0 spiro atoms. The van der Waals surface area contributed by atoms with Crippen LogP contribution in [-0.4, -0.2) is 150 Å². The summed E-state index contributed by atoms with van der Waals surface area (Å²) in [5, 5.41) is 8.59. The molecule has 0 radical (unpaired) electrons. The van der Waals surface area contributed by atoms with Gasteiger partial charge in [0.1, 0.15) is 12.4 Å². The zero-order valence-corrected chi connectivity index (χ0v) is 29.8. The zero-order chi connectivity index (χ0) is 34.3. The fourth-order valence-corrected chi connectivity index (χ4v) is 4.23. The summed E-state index contributed by atoms with van der Waals surface area (Å²) in [7, 11) is 0. The molecule has 48 heavy (non-hydrogen) atoms. The van der Waals surface area contributed by atoms with E-state index in [1.54, 1.807) is 0 Å². The minimum Gasteiger partial charge on any atom is -0.491 e. The van der Waals surface area contributed by atoms with Crippen LogP contribution in [0.2, 0.25) is 0 Å². The minimum absolute atomic E-state index is 0.0267. The Hall–Kier alpha value is -1.42. The van der Waals surface area contributed by atoms with Crippen LogP contribution in [0.25, 0.3) is 0 Å². The van der Waals surface area contributed by atoms with Gasteiger partial charge in [-0.15, -0.1) is 0 Å². The molecule has 0 heterocycles. The van der Waals surface area contributed by atoms with Gasteiger partial charge in [0, 0.05) is 0 Å². The van der Waals surface area contributed by atoms with Crippen molar-refractivity contribution in [2.75, 3.05) is 145 Å². The van der Waals surface area contributed by atoms with Crippen molar-refractivity contribution in [3.05, 3.63) is 29.8 Å². The molecule has 12 nitrogen and oxygen atoms in total. The largest absolute Gasteiger partial charge is 0.491 e. The van der Waals surface area contributed by atoms with Crippen LogP contribution in [0.15, 0.2) is 24.3 Å². The SMILES string of the molecule is CCCCCCCCc1ccc(OCCOCCOCCOCCOCCOCCOCCOCCOCCOCCOCCO)cc1. The molecule has 0 aliphatic carbocycles. The van der Waals surface area contributed by atoms with Crippen LogP contribution in [-0.2, 0) is 53.8 Å². The van der Waals surface area contributed by atoms with Crippen LogP contribution in [0.5, 0.6) is 5.75 Å². The number of unbranched alkanes of at least 4 members (excludes halogenated alkanes) is 5. The van der Waals surface area contributed by atoms with Gasteiger partial charge in [-0.3, -0.25) is 0 Å². The van der Waals surface area contributed by atoms with Crippen LogP contribution >= 0.6 is 0 Å². The molecule has 0 aliphatic rings. The van der Waals surface area contributed by atoms with E-state index in [0.29, 0.717) is 139 Å². The van der Waals surface area contributed by atoms with E-state index < -0.39 is 0 Å². The highest BCUT2D eigenvalue weighted by molar-refractivity contribution is 5.27. The second kappa shape index (κ2) is 38.4. The van der Waals surface area contributed by atoms with Crippen molar-refractivity contribution in [1.82, 2.24) is 0 Å². The molecule has 0 saturated carbocycles. The molecule has 282 valence electrons. The third kappa shape index (κ3) is 33.1. The third-order valence-corrected chi connectivity index (χ3v) is 6.82. The molecule has 0 atom stereocenters. The lowest BCUT2D eigenvalue weighted by molar-refractivity contribution is -0.0270. The van der Waals surface area contributed by atoms with E-state index in [-0.39, 0.29) is 6.61 Å². The van der Waals surface area contributed by atoms with E-state index in [9.17, 15) is 0 Å². The van der Waals surface area contributed by atoms with Gasteiger partial charge >= 0.3 is 0 Å². The number of rotatable bonds is 40. The van der Waals surface area contributed by atoms with Crippen LogP contribution in [0.3, 0.4) is 0 Å². The first-order chi connectivity index (χ1) is 23.9. The molecule has 12 heteroatoms. The van der Waals surface area contributed by atoms with Gasteiger partial charge in [0.25, 0.3) is 0 Å². The van der Waals surface area contributed by atoms with Crippen LogP contribution in [0.1, 0.15) is 51.0 Å². The highest BCUT2D eigenvalue weighted by Crippen LogP contribution is 2.15. The Morgan fingerprint density at radius 2 is 0.688 bits per heavy atom. The number of ether oxygens (including phenoxy) is 11. The van der Waals surface area contributed by atoms with E-state index in [1.165, 1.54) is 44.1 Å². The molecular weight excluding hydrogens is 624 g/mol. The van der Waals surface area contributed by atoms with Crippen LogP contribution in [0, 0.1) is 0 Å². The standard InChI is InChI=1S/C36H66O12/c1-2-3-4-5-6-7-8-35-9-11-36(12-10-35)48-34-33-47-32-31-46-30-29-45-28-27-44-26-25-43-24-23-42-22-21-41-20-19-40-18-17-39-16-15-38-14-13-37/h9-12,37H,2-8,13-34H2,1H3.